The second-order valence-electron chi connectivity index (χ2n) is 3.53. The van der Waals surface area contributed by atoms with Gasteiger partial charge in [-0.2, -0.15) is 0 Å². The minimum Gasteiger partial charge on any atom is -0.382 e. The lowest BCUT2D eigenvalue weighted by molar-refractivity contribution is 0.829. The molecular weight excluding hydrogens is 162 g/mol. The second-order valence-corrected chi connectivity index (χ2v) is 3.53. The molecule has 0 bridgehead atoms. The van der Waals surface area contributed by atoms with Gasteiger partial charge in [0.15, 0.2) is 5.82 Å². The van der Waals surface area contributed by atoms with Crippen LogP contribution in [0.2, 0.25) is 0 Å². The van der Waals surface area contributed by atoms with Crippen LogP contribution in [0.5, 0.6) is 0 Å². The van der Waals surface area contributed by atoms with Crippen LogP contribution in [0.25, 0.3) is 0 Å². The Hall–Kier alpha value is -1.25. The van der Waals surface area contributed by atoms with Crippen molar-refractivity contribution in [2.45, 2.75) is 13.3 Å². The highest BCUT2D eigenvalue weighted by Gasteiger charge is 2.13. The van der Waals surface area contributed by atoms with Crippen LogP contribution in [0.3, 0.4) is 0 Å². The first-order valence-corrected chi connectivity index (χ1v) is 4.69. The maximum absolute atomic E-state index is 4.38. The number of nitrogens with one attached hydrogen (secondary N) is 1. The summed E-state index contributed by atoms with van der Waals surface area (Å²) in [5, 5.41) is 3.42. The van der Waals surface area contributed by atoms with Crippen molar-refractivity contribution in [3.63, 3.8) is 0 Å². The van der Waals surface area contributed by atoms with E-state index in [0.717, 1.165) is 18.9 Å². The standard InChI is InChI=1S/C10H15N3/c1-8-4-6-12-10-9(8)11-5-3-7-13(10)2/h4,6,11H,3,5,7H2,1-2H3. The third-order valence-corrected chi connectivity index (χ3v) is 2.47. The third kappa shape index (κ3) is 1.46. The number of rotatable bonds is 0. The van der Waals surface area contributed by atoms with E-state index in [0.29, 0.717) is 0 Å². The molecule has 1 aliphatic rings. The van der Waals surface area contributed by atoms with Crippen LogP contribution in [-0.4, -0.2) is 25.1 Å². The molecule has 1 aromatic heterocycles. The van der Waals surface area contributed by atoms with Crippen molar-refractivity contribution in [3.8, 4) is 0 Å². The zero-order valence-corrected chi connectivity index (χ0v) is 8.17. The summed E-state index contributed by atoms with van der Waals surface area (Å²) in [6.45, 7) is 4.24. The molecule has 1 aromatic rings. The predicted octanol–water partition coefficient (Wildman–Crippen LogP) is 1.64. The van der Waals surface area contributed by atoms with E-state index in [9.17, 15) is 0 Å². The van der Waals surface area contributed by atoms with E-state index in [1.807, 2.05) is 12.3 Å². The van der Waals surface area contributed by atoms with Crippen LogP contribution in [0.15, 0.2) is 12.3 Å². The van der Waals surface area contributed by atoms with Gasteiger partial charge in [0.1, 0.15) is 0 Å². The second kappa shape index (κ2) is 3.24. The predicted molar refractivity (Wildman–Crippen MR) is 55.4 cm³/mol. The number of hydrogen-bond acceptors (Lipinski definition) is 3. The zero-order valence-electron chi connectivity index (χ0n) is 8.17. The Morgan fingerprint density at radius 3 is 3.23 bits per heavy atom. The average molecular weight is 177 g/mol. The lowest BCUT2D eigenvalue weighted by Gasteiger charge is -2.17. The molecule has 3 nitrogen and oxygen atoms in total. The fourth-order valence-corrected chi connectivity index (χ4v) is 1.69. The Morgan fingerprint density at radius 2 is 2.38 bits per heavy atom. The molecule has 0 radical (unpaired) electrons. The summed E-state index contributed by atoms with van der Waals surface area (Å²) in [6.07, 6.45) is 3.05. The molecule has 1 N–H and O–H groups in total. The maximum Gasteiger partial charge on any atom is 0.151 e. The highest BCUT2D eigenvalue weighted by Crippen LogP contribution is 2.27. The fraction of sp³-hybridized carbons (Fsp3) is 0.500. The van der Waals surface area contributed by atoms with Crippen molar-refractivity contribution in [2.24, 2.45) is 0 Å². The Balaban J connectivity index is 2.47. The van der Waals surface area contributed by atoms with Gasteiger partial charge < -0.3 is 10.2 Å². The first-order chi connectivity index (χ1) is 6.29. The minimum absolute atomic E-state index is 1.05. The quantitative estimate of drug-likeness (QED) is 0.653. The van der Waals surface area contributed by atoms with Crippen LogP contribution in [0, 0.1) is 6.92 Å². The summed E-state index contributed by atoms with van der Waals surface area (Å²) in [5.74, 6) is 1.08. The number of pyridine rings is 1. The number of aryl methyl sites for hydroxylation is 1. The summed E-state index contributed by atoms with van der Waals surface area (Å²) in [4.78, 5) is 6.60. The van der Waals surface area contributed by atoms with Crippen molar-refractivity contribution in [3.05, 3.63) is 17.8 Å². The molecule has 0 amide bonds. The van der Waals surface area contributed by atoms with Gasteiger partial charge in [-0.15, -0.1) is 0 Å². The number of aromatic nitrogens is 1. The smallest absolute Gasteiger partial charge is 0.151 e. The molecule has 0 atom stereocenters. The number of fused-ring (bicyclic) bond motifs is 1. The van der Waals surface area contributed by atoms with Gasteiger partial charge in [-0.1, -0.05) is 0 Å². The van der Waals surface area contributed by atoms with E-state index in [1.54, 1.807) is 0 Å². The third-order valence-electron chi connectivity index (χ3n) is 2.47. The number of anilines is 2. The van der Waals surface area contributed by atoms with E-state index in [-0.39, 0.29) is 0 Å². The van der Waals surface area contributed by atoms with Crippen molar-refractivity contribution in [1.29, 1.82) is 0 Å². The Bertz CT molecular complexity index is 309. The van der Waals surface area contributed by atoms with Crippen LogP contribution in [0.1, 0.15) is 12.0 Å². The van der Waals surface area contributed by atoms with Crippen LogP contribution >= 0.6 is 0 Å². The van der Waals surface area contributed by atoms with E-state index in [1.165, 1.54) is 17.7 Å². The summed E-state index contributed by atoms with van der Waals surface area (Å²) in [7, 11) is 2.10. The van der Waals surface area contributed by atoms with E-state index in [4.69, 9.17) is 0 Å². The van der Waals surface area contributed by atoms with Gasteiger partial charge in [-0.25, -0.2) is 4.98 Å². The first-order valence-electron chi connectivity index (χ1n) is 4.69. The van der Waals surface area contributed by atoms with Crippen LogP contribution in [-0.2, 0) is 0 Å². The zero-order chi connectivity index (χ0) is 9.26. The summed E-state index contributed by atoms with van der Waals surface area (Å²) < 4.78 is 0. The van der Waals surface area contributed by atoms with Crippen LogP contribution in [0.4, 0.5) is 11.5 Å². The first kappa shape index (κ1) is 8.35. The largest absolute Gasteiger partial charge is 0.382 e. The van der Waals surface area contributed by atoms with Gasteiger partial charge in [-0.05, 0) is 25.0 Å². The summed E-state index contributed by atoms with van der Waals surface area (Å²) >= 11 is 0. The molecule has 0 saturated carbocycles. The lowest BCUT2D eigenvalue weighted by atomic mass is 10.2. The summed E-state index contributed by atoms with van der Waals surface area (Å²) in [6, 6.07) is 2.05. The van der Waals surface area contributed by atoms with Crippen molar-refractivity contribution >= 4 is 11.5 Å². The molecule has 1 aliphatic heterocycles. The number of hydrogen-bond donors (Lipinski definition) is 1. The topological polar surface area (TPSA) is 28.2 Å². The Labute approximate surface area is 78.8 Å². The molecule has 2 rings (SSSR count). The minimum atomic E-state index is 1.05. The molecule has 2 heterocycles. The molecule has 13 heavy (non-hydrogen) atoms. The Morgan fingerprint density at radius 1 is 1.54 bits per heavy atom. The monoisotopic (exact) mass is 177 g/mol. The van der Waals surface area contributed by atoms with Gasteiger partial charge in [0, 0.05) is 26.3 Å². The summed E-state index contributed by atoms with van der Waals surface area (Å²) in [5.41, 5.74) is 2.47. The Kier molecular flexibility index (Phi) is 2.08. The average Bonchev–Trinajstić information content (AvgIpc) is 2.30. The highest BCUT2D eigenvalue weighted by molar-refractivity contribution is 5.69. The van der Waals surface area contributed by atoms with Gasteiger partial charge in [0.2, 0.25) is 0 Å². The maximum atomic E-state index is 4.38. The van der Waals surface area contributed by atoms with E-state index < -0.39 is 0 Å². The number of nitrogens with zero attached hydrogens (tertiary/aromatic N) is 2. The molecule has 0 aromatic carbocycles. The van der Waals surface area contributed by atoms with Gasteiger partial charge in [0.05, 0.1) is 5.69 Å². The van der Waals surface area contributed by atoms with Gasteiger partial charge >= 0.3 is 0 Å². The van der Waals surface area contributed by atoms with Gasteiger partial charge in [-0.3, -0.25) is 0 Å². The normalized spacial score (nSPS) is 16.0. The molecule has 0 fully saturated rings. The van der Waals surface area contributed by atoms with E-state index >= 15 is 0 Å². The molecule has 0 spiro atoms. The molecular formula is C10H15N3. The van der Waals surface area contributed by atoms with Crippen LogP contribution < -0.4 is 10.2 Å². The van der Waals surface area contributed by atoms with Gasteiger partial charge in [0.25, 0.3) is 0 Å². The molecule has 70 valence electrons. The van der Waals surface area contributed by atoms with E-state index in [2.05, 4.69) is 29.2 Å². The molecule has 0 aliphatic carbocycles. The molecule has 3 heteroatoms. The van der Waals surface area contributed by atoms with Crippen molar-refractivity contribution < 1.29 is 0 Å². The van der Waals surface area contributed by atoms with Crippen molar-refractivity contribution in [2.75, 3.05) is 30.4 Å². The van der Waals surface area contributed by atoms with Crippen molar-refractivity contribution in [1.82, 2.24) is 4.98 Å². The fourth-order valence-electron chi connectivity index (χ4n) is 1.69. The lowest BCUT2D eigenvalue weighted by Crippen LogP contribution is -2.18. The SMILES string of the molecule is Cc1ccnc2c1NCCCN2C. The molecule has 0 unspecified atom stereocenters. The highest BCUT2D eigenvalue weighted by atomic mass is 15.2. The molecule has 0 saturated heterocycles.